The van der Waals surface area contributed by atoms with E-state index in [1.54, 1.807) is 12.1 Å². The molecule has 1 atom stereocenters. The van der Waals surface area contributed by atoms with E-state index in [0.717, 1.165) is 16.7 Å². The number of carboxylic acids is 1. The predicted octanol–water partition coefficient (Wildman–Crippen LogP) is 5.91. The number of hydrogen-bond donors (Lipinski definition) is 2. The number of carbonyl (C=O) groups is 2. The van der Waals surface area contributed by atoms with E-state index in [1.807, 2.05) is 78.9 Å². The van der Waals surface area contributed by atoms with Crippen LogP contribution < -0.4 is 19.5 Å². The second kappa shape index (κ2) is 13.5. The monoisotopic (exact) mass is 527 g/mol. The van der Waals surface area contributed by atoms with Crippen molar-refractivity contribution in [3.05, 3.63) is 125 Å². The minimum atomic E-state index is -1.43. The Hall–Kier alpha value is -4.98. The van der Waals surface area contributed by atoms with Gasteiger partial charge in [-0.1, -0.05) is 91.0 Å². The van der Waals surface area contributed by atoms with Gasteiger partial charge in [0.25, 0.3) is 0 Å². The number of aliphatic carboxylic acids is 1. The summed E-state index contributed by atoms with van der Waals surface area (Å²) in [5.74, 6) is -0.429. The maximum absolute atomic E-state index is 12.5. The SMILES string of the molecule is COc1c(OCc2ccccc2)cc([C@@H](NC(=O)OCc2ccccc2)C(=O)O)cc1OCc1ccccc1. The standard InChI is InChI=1S/C31H29NO7/c1-36-29-26(37-19-22-11-5-2-6-12-22)17-25(18-27(29)38-20-23-13-7-3-8-14-23)28(30(33)34)32-31(35)39-21-24-15-9-4-10-16-24/h2-18,28H,19-21H2,1H3,(H,32,35)(H,33,34)/t28-/m1/s1. The van der Waals surface area contributed by atoms with E-state index in [9.17, 15) is 14.7 Å². The Bertz CT molecular complexity index is 1300. The van der Waals surface area contributed by atoms with Gasteiger partial charge in [0, 0.05) is 0 Å². The lowest BCUT2D eigenvalue weighted by molar-refractivity contribution is -0.139. The fraction of sp³-hybridized carbons (Fsp3) is 0.161. The molecule has 0 saturated carbocycles. The molecule has 8 heteroatoms. The molecule has 0 radical (unpaired) electrons. The average molecular weight is 528 g/mol. The van der Waals surface area contributed by atoms with Crippen LogP contribution in [0, 0.1) is 0 Å². The highest BCUT2D eigenvalue weighted by atomic mass is 16.6. The molecule has 0 spiro atoms. The summed E-state index contributed by atoms with van der Waals surface area (Å²) >= 11 is 0. The zero-order valence-electron chi connectivity index (χ0n) is 21.4. The van der Waals surface area contributed by atoms with E-state index in [1.165, 1.54) is 19.2 Å². The van der Waals surface area contributed by atoms with Crippen LogP contribution in [0.4, 0.5) is 4.79 Å². The molecule has 4 aromatic rings. The van der Waals surface area contributed by atoms with Gasteiger partial charge in [0.2, 0.25) is 5.75 Å². The van der Waals surface area contributed by atoms with E-state index in [0.29, 0.717) is 5.75 Å². The summed E-state index contributed by atoms with van der Waals surface area (Å²) in [7, 11) is 1.48. The van der Waals surface area contributed by atoms with Gasteiger partial charge < -0.3 is 29.4 Å². The number of nitrogens with one attached hydrogen (secondary N) is 1. The lowest BCUT2D eigenvalue weighted by Gasteiger charge is -2.20. The van der Waals surface area contributed by atoms with Crippen molar-refractivity contribution >= 4 is 12.1 Å². The number of hydrogen-bond acceptors (Lipinski definition) is 6. The second-order valence-corrected chi connectivity index (χ2v) is 8.58. The Morgan fingerprint density at radius 2 is 1.15 bits per heavy atom. The molecule has 0 aromatic heterocycles. The van der Waals surface area contributed by atoms with Gasteiger partial charge in [-0.2, -0.15) is 0 Å². The summed E-state index contributed by atoms with van der Waals surface area (Å²) in [5, 5.41) is 12.4. The largest absolute Gasteiger partial charge is 0.490 e. The minimum absolute atomic E-state index is 0.00149. The van der Waals surface area contributed by atoms with Crippen LogP contribution in [0.3, 0.4) is 0 Å². The van der Waals surface area contributed by atoms with Crippen molar-refractivity contribution in [2.45, 2.75) is 25.9 Å². The lowest BCUT2D eigenvalue weighted by atomic mass is 10.1. The quantitative estimate of drug-likeness (QED) is 0.236. The summed E-state index contributed by atoms with van der Waals surface area (Å²) in [6, 6.07) is 29.7. The topological polar surface area (TPSA) is 103 Å². The van der Waals surface area contributed by atoms with Crippen molar-refractivity contribution in [1.82, 2.24) is 5.32 Å². The van der Waals surface area contributed by atoms with E-state index in [-0.39, 0.29) is 36.9 Å². The van der Waals surface area contributed by atoms with Crippen molar-refractivity contribution < 1.29 is 33.6 Å². The third-order valence-corrected chi connectivity index (χ3v) is 5.78. The Labute approximate surface area is 226 Å². The van der Waals surface area contributed by atoms with E-state index < -0.39 is 18.1 Å². The van der Waals surface area contributed by atoms with Crippen LogP contribution in [0.15, 0.2) is 103 Å². The fourth-order valence-corrected chi connectivity index (χ4v) is 3.82. The molecular formula is C31H29NO7. The van der Waals surface area contributed by atoms with Gasteiger partial charge in [-0.25, -0.2) is 9.59 Å². The smallest absolute Gasteiger partial charge is 0.408 e. The number of alkyl carbamates (subject to hydrolysis) is 1. The van der Waals surface area contributed by atoms with Crippen LogP contribution in [-0.2, 0) is 29.4 Å². The number of rotatable bonds is 12. The van der Waals surface area contributed by atoms with Gasteiger partial charge in [0.15, 0.2) is 17.5 Å². The fourth-order valence-electron chi connectivity index (χ4n) is 3.82. The first-order valence-electron chi connectivity index (χ1n) is 12.3. The Kier molecular flexibility index (Phi) is 9.39. The van der Waals surface area contributed by atoms with Crippen LogP contribution in [0.1, 0.15) is 28.3 Å². The van der Waals surface area contributed by atoms with Crippen molar-refractivity contribution in [3.63, 3.8) is 0 Å². The summed E-state index contributed by atoms with van der Waals surface area (Å²) in [6.45, 7) is 0.421. The first-order valence-corrected chi connectivity index (χ1v) is 12.3. The molecule has 0 aliphatic rings. The van der Waals surface area contributed by atoms with Crippen molar-refractivity contribution in [2.75, 3.05) is 7.11 Å². The molecule has 0 aliphatic heterocycles. The van der Waals surface area contributed by atoms with Gasteiger partial charge in [-0.3, -0.25) is 0 Å². The Morgan fingerprint density at radius 3 is 1.56 bits per heavy atom. The van der Waals surface area contributed by atoms with Gasteiger partial charge >= 0.3 is 12.1 Å². The predicted molar refractivity (Wildman–Crippen MR) is 145 cm³/mol. The normalized spacial score (nSPS) is 11.2. The van der Waals surface area contributed by atoms with E-state index in [2.05, 4.69) is 5.32 Å². The summed E-state index contributed by atoms with van der Waals surface area (Å²) in [4.78, 5) is 24.8. The molecular weight excluding hydrogens is 498 g/mol. The zero-order chi connectivity index (χ0) is 27.5. The number of benzene rings is 4. The van der Waals surface area contributed by atoms with Gasteiger partial charge in [0.1, 0.15) is 19.8 Å². The molecule has 4 aromatic carbocycles. The Balaban J connectivity index is 1.60. The van der Waals surface area contributed by atoms with E-state index in [4.69, 9.17) is 18.9 Å². The summed E-state index contributed by atoms with van der Waals surface area (Å²) in [5.41, 5.74) is 2.83. The molecule has 2 N–H and O–H groups in total. The van der Waals surface area contributed by atoms with Crippen molar-refractivity contribution in [2.24, 2.45) is 0 Å². The van der Waals surface area contributed by atoms with Gasteiger partial charge in [-0.05, 0) is 34.4 Å². The minimum Gasteiger partial charge on any atom is -0.490 e. The molecule has 8 nitrogen and oxygen atoms in total. The third-order valence-electron chi connectivity index (χ3n) is 5.78. The molecule has 4 rings (SSSR count). The van der Waals surface area contributed by atoms with Crippen LogP contribution in [0.5, 0.6) is 17.2 Å². The third kappa shape index (κ3) is 7.75. The molecule has 0 aliphatic carbocycles. The highest BCUT2D eigenvalue weighted by Crippen LogP contribution is 2.41. The molecule has 39 heavy (non-hydrogen) atoms. The molecule has 0 bridgehead atoms. The summed E-state index contributed by atoms with van der Waals surface area (Å²) < 4.78 is 22.9. The number of ether oxygens (including phenoxy) is 4. The van der Waals surface area contributed by atoms with Crippen molar-refractivity contribution in [3.8, 4) is 17.2 Å². The second-order valence-electron chi connectivity index (χ2n) is 8.58. The molecule has 200 valence electrons. The highest BCUT2D eigenvalue weighted by Gasteiger charge is 2.27. The molecule has 0 heterocycles. The maximum Gasteiger partial charge on any atom is 0.408 e. The van der Waals surface area contributed by atoms with E-state index >= 15 is 0 Å². The molecule has 0 unspecified atom stereocenters. The van der Waals surface area contributed by atoms with Gasteiger partial charge in [0.05, 0.1) is 7.11 Å². The van der Waals surface area contributed by atoms with Crippen molar-refractivity contribution in [1.29, 1.82) is 0 Å². The summed E-state index contributed by atoms with van der Waals surface area (Å²) in [6.07, 6.45) is -0.874. The van der Waals surface area contributed by atoms with Gasteiger partial charge in [-0.15, -0.1) is 0 Å². The maximum atomic E-state index is 12.5. The molecule has 0 fully saturated rings. The number of amides is 1. The highest BCUT2D eigenvalue weighted by molar-refractivity contribution is 5.82. The van der Waals surface area contributed by atoms with Crippen LogP contribution >= 0.6 is 0 Å². The first kappa shape index (κ1) is 27.1. The average Bonchev–Trinajstić information content (AvgIpc) is 2.97. The number of carboxylic acid groups (broad SMARTS) is 1. The zero-order valence-corrected chi connectivity index (χ0v) is 21.4. The lowest BCUT2D eigenvalue weighted by Crippen LogP contribution is -2.34. The van der Waals surface area contributed by atoms with Crippen LogP contribution in [-0.4, -0.2) is 24.3 Å². The molecule has 0 saturated heterocycles. The molecule has 1 amide bonds. The van der Waals surface area contributed by atoms with Crippen LogP contribution in [0.25, 0.3) is 0 Å². The number of carbonyl (C=O) groups excluding carboxylic acids is 1. The Morgan fingerprint density at radius 1 is 0.718 bits per heavy atom. The number of methoxy groups -OCH3 is 1. The van der Waals surface area contributed by atoms with Crippen LogP contribution in [0.2, 0.25) is 0 Å². The first-order chi connectivity index (χ1) is 19.0.